The Morgan fingerprint density at radius 2 is 1.93 bits per heavy atom. The monoisotopic (exact) mass is 392 g/mol. The van der Waals surface area contributed by atoms with E-state index in [1.54, 1.807) is 19.9 Å². The van der Waals surface area contributed by atoms with Crippen molar-refractivity contribution in [3.63, 3.8) is 0 Å². The zero-order chi connectivity index (χ0) is 20.9. The van der Waals surface area contributed by atoms with Crippen LogP contribution in [0, 0.1) is 29.1 Å². The number of ether oxygens (including phenoxy) is 1. The van der Waals surface area contributed by atoms with E-state index in [0.29, 0.717) is 17.6 Å². The van der Waals surface area contributed by atoms with E-state index in [2.05, 4.69) is 13.8 Å². The number of fused-ring (bicyclic) bond motifs is 5. The molecule has 0 amide bonds. The van der Waals surface area contributed by atoms with Gasteiger partial charge in [-0.2, -0.15) is 0 Å². The molecule has 1 unspecified atom stereocenters. The van der Waals surface area contributed by atoms with Crippen LogP contribution in [0.25, 0.3) is 0 Å². The largest absolute Gasteiger partial charge is 0.392 e. The number of Topliss-reactive ketones (excluding diaryl/α,β-unsaturated/α-hetero) is 1. The van der Waals surface area contributed by atoms with Crippen molar-refractivity contribution in [3.05, 3.63) is 23.3 Å². The number of hydrogen-bond acceptors (Lipinski definition) is 6. The maximum absolute atomic E-state index is 12.8. The molecule has 8 atom stereocenters. The third-order valence-corrected chi connectivity index (χ3v) is 8.26. The van der Waals surface area contributed by atoms with Crippen LogP contribution in [0.5, 0.6) is 0 Å². The number of hydrogen-bond donors (Lipinski definition) is 4. The Morgan fingerprint density at radius 3 is 2.50 bits per heavy atom. The van der Waals surface area contributed by atoms with Crippen molar-refractivity contribution in [3.8, 4) is 0 Å². The Hall–Kier alpha value is -1.05. The van der Waals surface area contributed by atoms with Crippen LogP contribution in [0.2, 0.25) is 0 Å². The summed E-state index contributed by atoms with van der Waals surface area (Å²) >= 11 is 0. The van der Waals surface area contributed by atoms with Crippen LogP contribution in [0.4, 0.5) is 0 Å². The molecule has 156 valence electrons. The molecule has 0 spiro atoms. The Balaban J connectivity index is 1.89. The molecule has 0 aromatic carbocycles. The summed E-state index contributed by atoms with van der Waals surface area (Å²) in [6.45, 7) is 9.06. The first kappa shape index (κ1) is 20.2. The fourth-order valence-corrected chi connectivity index (χ4v) is 6.94. The minimum Gasteiger partial charge on any atom is -0.392 e. The quantitative estimate of drug-likeness (QED) is 0.426. The average molecular weight is 392 g/mol. The van der Waals surface area contributed by atoms with Gasteiger partial charge in [0.05, 0.1) is 17.8 Å². The molecular weight excluding hydrogens is 360 g/mol. The van der Waals surface area contributed by atoms with Gasteiger partial charge in [0.2, 0.25) is 0 Å². The highest BCUT2D eigenvalue weighted by Gasteiger charge is 2.82. The van der Waals surface area contributed by atoms with Crippen LogP contribution in [-0.4, -0.2) is 55.9 Å². The summed E-state index contributed by atoms with van der Waals surface area (Å²) in [7, 11) is 0. The first-order valence-electron chi connectivity index (χ1n) is 10.2. The van der Waals surface area contributed by atoms with Crippen LogP contribution in [-0.2, 0) is 9.53 Å². The van der Waals surface area contributed by atoms with Crippen molar-refractivity contribution in [2.24, 2.45) is 29.1 Å². The summed E-state index contributed by atoms with van der Waals surface area (Å²) in [6.07, 6.45) is 3.20. The van der Waals surface area contributed by atoms with Gasteiger partial charge in [0.1, 0.15) is 5.60 Å². The molecule has 4 aliphatic rings. The molecule has 4 aliphatic carbocycles. The molecular formula is C22H32O6. The first-order valence-corrected chi connectivity index (χ1v) is 10.2. The lowest BCUT2D eigenvalue weighted by molar-refractivity contribution is -0.207. The third-order valence-electron chi connectivity index (χ3n) is 8.26. The van der Waals surface area contributed by atoms with E-state index in [1.807, 2.05) is 13.0 Å². The van der Waals surface area contributed by atoms with E-state index in [-0.39, 0.29) is 36.1 Å². The molecule has 0 aromatic heterocycles. The fraction of sp³-hybridized carbons (Fsp3) is 0.773. The highest BCUT2D eigenvalue weighted by Crippen LogP contribution is 2.76. The molecule has 0 aliphatic heterocycles. The Kier molecular flexibility index (Phi) is 4.16. The molecule has 0 bridgehead atoms. The SMILES string of the molecule is CC1=C[C@H]2[C@@]3(O)[C@H](C)C[C@]4(OC(C)O)[C@H]([C@@H]3C=C(CO)C[C@]2(O)C1=O)C4(C)C. The second kappa shape index (κ2) is 5.76. The fourth-order valence-electron chi connectivity index (χ4n) is 6.94. The van der Waals surface area contributed by atoms with Gasteiger partial charge in [-0.3, -0.25) is 4.79 Å². The van der Waals surface area contributed by atoms with Gasteiger partial charge in [0, 0.05) is 29.6 Å². The van der Waals surface area contributed by atoms with Gasteiger partial charge in [-0.05, 0) is 37.3 Å². The zero-order valence-electron chi connectivity index (χ0n) is 17.3. The van der Waals surface area contributed by atoms with Gasteiger partial charge in [-0.25, -0.2) is 0 Å². The van der Waals surface area contributed by atoms with E-state index in [0.717, 1.165) is 0 Å². The van der Waals surface area contributed by atoms with Gasteiger partial charge in [-0.15, -0.1) is 0 Å². The van der Waals surface area contributed by atoms with Gasteiger partial charge in [0.15, 0.2) is 12.1 Å². The first-order chi connectivity index (χ1) is 12.9. The van der Waals surface area contributed by atoms with E-state index in [4.69, 9.17) is 4.74 Å². The molecule has 4 N–H and O–H groups in total. The van der Waals surface area contributed by atoms with Crippen LogP contribution < -0.4 is 0 Å². The second-order valence-corrected chi connectivity index (χ2v) is 10.1. The lowest BCUT2D eigenvalue weighted by atomic mass is 9.60. The van der Waals surface area contributed by atoms with Gasteiger partial charge >= 0.3 is 0 Å². The van der Waals surface area contributed by atoms with E-state index < -0.39 is 34.9 Å². The number of aliphatic hydroxyl groups excluding tert-OH is 2. The van der Waals surface area contributed by atoms with Crippen molar-refractivity contribution in [2.75, 3.05) is 6.61 Å². The van der Waals surface area contributed by atoms with E-state index in [9.17, 15) is 25.2 Å². The Labute approximate surface area is 165 Å². The van der Waals surface area contributed by atoms with Crippen molar-refractivity contribution in [1.82, 2.24) is 0 Å². The van der Waals surface area contributed by atoms with Crippen molar-refractivity contribution in [2.45, 2.75) is 70.6 Å². The second-order valence-electron chi connectivity index (χ2n) is 10.1. The number of carbonyl (C=O) groups is 1. The molecule has 6 heteroatoms. The molecule has 28 heavy (non-hydrogen) atoms. The molecule has 6 nitrogen and oxygen atoms in total. The lowest BCUT2D eigenvalue weighted by Crippen LogP contribution is -2.61. The maximum atomic E-state index is 12.8. The number of rotatable bonds is 3. The Bertz CT molecular complexity index is 782. The van der Waals surface area contributed by atoms with Crippen molar-refractivity contribution < 1.29 is 30.0 Å². The summed E-state index contributed by atoms with van der Waals surface area (Å²) in [4.78, 5) is 12.8. The third kappa shape index (κ3) is 2.18. The molecule has 4 rings (SSSR count). The van der Waals surface area contributed by atoms with Crippen molar-refractivity contribution >= 4 is 5.78 Å². The summed E-state index contributed by atoms with van der Waals surface area (Å²) in [5.41, 5.74) is -2.94. The van der Waals surface area contributed by atoms with Gasteiger partial charge < -0.3 is 25.2 Å². The minimum atomic E-state index is -1.74. The highest BCUT2D eigenvalue weighted by atomic mass is 16.6. The molecule has 0 aromatic rings. The standard InChI is InChI=1S/C22H32O6/c1-11-6-16-20(26,18(11)25)9-14(10-23)7-15-17-19(4,5)21(17,28-13(3)24)8-12(2)22(15,16)27/h6-7,12-13,15-17,23-24,26-27H,8-10H2,1-5H3/t12-,13?,15+,16-,17-,20-,21+,22-/m1/s1. The number of ketones is 1. The summed E-state index contributed by atoms with van der Waals surface area (Å²) < 4.78 is 6.03. The minimum absolute atomic E-state index is 0.0176. The average Bonchev–Trinajstić information content (AvgIpc) is 2.99. The maximum Gasteiger partial charge on any atom is 0.190 e. The summed E-state index contributed by atoms with van der Waals surface area (Å²) in [6, 6.07) is 0. The number of aliphatic hydroxyl groups is 4. The molecule has 0 saturated heterocycles. The molecule has 0 heterocycles. The van der Waals surface area contributed by atoms with Gasteiger partial charge in [-0.1, -0.05) is 32.9 Å². The van der Waals surface area contributed by atoms with Crippen LogP contribution in [0.1, 0.15) is 47.5 Å². The zero-order valence-corrected chi connectivity index (χ0v) is 17.3. The van der Waals surface area contributed by atoms with Crippen LogP contribution in [0.15, 0.2) is 23.3 Å². The summed E-state index contributed by atoms with van der Waals surface area (Å²) in [5.74, 6) is -1.89. The van der Waals surface area contributed by atoms with Crippen LogP contribution >= 0.6 is 0 Å². The molecule has 2 saturated carbocycles. The summed E-state index contributed by atoms with van der Waals surface area (Å²) in [5, 5.41) is 43.4. The lowest BCUT2D eigenvalue weighted by Gasteiger charge is -2.50. The predicted octanol–water partition coefficient (Wildman–Crippen LogP) is 1.32. The smallest absolute Gasteiger partial charge is 0.190 e. The number of carbonyl (C=O) groups excluding carboxylic acids is 1. The molecule has 0 radical (unpaired) electrons. The highest BCUT2D eigenvalue weighted by molar-refractivity contribution is 6.04. The normalized spacial score (nSPS) is 50.0. The Morgan fingerprint density at radius 1 is 1.29 bits per heavy atom. The topological polar surface area (TPSA) is 107 Å². The van der Waals surface area contributed by atoms with E-state index in [1.165, 1.54) is 0 Å². The molecule has 2 fully saturated rings. The van der Waals surface area contributed by atoms with Crippen LogP contribution in [0.3, 0.4) is 0 Å². The predicted molar refractivity (Wildman–Crippen MR) is 102 cm³/mol. The van der Waals surface area contributed by atoms with E-state index >= 15 is 0 Å². The van der Waals surface area contributed by atoms with Crippen molar-refractivity contribution in [1.29, 1.82) is 0 Å². The van der Waals surface area contributed by atoms with Gasteiger partial charge in [0.25, 0.3) is 0 Å².